The maximum Gasteiger partial charge on any atom is 0.169 e. The first kappa shape index (κ1) is 10.5. The summed E-state index contributed by atoms with van der Waals surface area (Å²) in [6, 6.07) is 11.7. The van der Waals surface area contributed by atoms with E-state index in [0.717, 1.165) is 17.1 Å². The molecule has 18 heavy (non-hydrogen) atoms. The van der Waals surface area contributed by atoms with Crippen LogP contribution in [0.25, 0.3) is 17.1 Å². The Hall–Kier alpha value is -2.69. The Morgan fingerprint density at radius 3 is 2.67 bits per heavy atom. The van der Waals surface area contributed by atoms with Gasteiger partial charge >= 0.3 is 0 Å². The van der Waals surface area contributed by atoms with Gasteiger partial charge < -0.3 is 5.73 Å². The maximum atomic E-state index is 5.73. The topological polar surface area (TPSA) is 69.6 Å². The molecule has 0 aliphatic rings. The van der Waals surface area contributed by atoms with Crippen molar-refractivity contribution in [3.05, 3.63) is 55.1 Å². The average molecular weight is 237 g/mol. The second-order valence-corrected chi connectivity index (χ2v) is 3.87. The number of para-hydroxylation sites is 1. The molecule has 0 unspecified atom stereocenters. The van der Waals surface area contributed by atoms with Gasteiger partial charge in [0.1, 0.15) is 6.33 Å². The molecule has 0 saturated heterocycles. The van der Waals surface area contributed by atoms with Crippen LogP contribution in [0.15, 0.2) is 55.1 Å². The molecule has 88 valence electrons. The molecule has 2 N–H and O–H groups in total. The highest BCUT2D eigenvalue weighted by Gasteiger charge is 2.09. The van der Waals surface area contributed by atoms with Crippen molar-refractivity contribution in [3.8, 4) is 17.1 Å². The first-order chi connectivity index (χ1) is 8.84. The van der Waals surface area contributed by atoms with E-state index in [1.54, 1.807) is 18.7 Å². The molecular formula is C13H11N5. The van der Waals surface area contributed by atoms with Crippen LogP contribution in [-0.2, 0) is 0 Å². The zero-order valence-corrected chi connectivity index (χ0v) is 9.56. The van der Waals surface area contributed by atoms with Gasteiger partial charge in [0.05, 0.1) is 5.69 Å². The van der Waals surface area contributed by atoms with Crippen molar-refractivity contribution in [1.82, 2.24) is 19.7 Å². The van der Waals surface area contributed by atoms with Crippen LogP contribution in [0.5, 0.6) is 0 Å². The lowest BCUT2D eigenvalue weighted by molar-refractivity contribution is 1.06. The SMILES string of the molecule is Nc1cncc(-c2nncn2-c2ccccc2)c1. The van der Waals surface area contributed by atoms with E-state index in [2.05, 4.69) is 15.2 Å². The van der Waals surface area contributed by atoms with Crippen LogP contribution in [0.4, 0.5) is 5.69 Å². The van der Waals surface area contributed by atoms with Crippen LogP contribution in [0.3, 0.4) is 0 Å². The Kier molecular flexibility index (Phi) is 2.49. The molecule has 0 atom stereocenters. The van der Waals surface area contributed by atoms with Crippen molar-refractivity contribution in [2.24, 2.45) is 0 Å². The fourth-order valence-electron chi connectivity index (χ4n) is 1.79. The van der Waals surface area contributed by atoms with E-state index >= 15 is 0 Å². The van der Waals surface area contributed by atoms with E-state index in [-0.39, 0.29) is 0 Å². The molecule has 3 aromatic rings. The Balaban J connectivity index is 2.13. The van der Waals surface area contributed by atoms with Gasteiger partial charge in [0.15, 0.2) is 5.82 Å². The summed E-state index contributed by atoms with van der Waals surface area (Å²) < 4.78 is 1.90. The Bertz CT molecular complexity index is 660. The minimum absolute atomic E-state index is 0.607. The summed E-state index contributed by atoms with van der Waals surface area (Å²) in [5, 5.41) is 8.07. The highest BCUT2D eigenvalue weighted by atomic mass is 15.3. The number of pyridine rings is 1. The Morgan fingerprint density at radius 1 is 1.06 bits per heavy atom. The van der Waals surface area contributed by atoms with Crippen molar-refractivity contribution in [3.63, 3.8) is 0 Å². The molecule has 5 heteroatoms. The van der Waals surface area contributed by atoms with Gasteiger partial charge in [-0.3, -0.25) is 9.55 Å². The first-order valence-electron chi connectivity index (χ1n) is 5.51. The number of hydrogen-bond acceptors (Lipinski definition) is 4. The molecule has 2 heterocycles. The number of anilines is 1. The predicted octanol–water partition coefficient (Wildman–Crippen LogP) is 1.91. The summed E-state index contributed by atoms with van der Waals surface area (Å²) in [5.74, 6) is 0.723. The zero-order valence-electron chi connectivity index (χ0n) is 9.56. The molecule has 3 rings (SSSR count). The summed E-state index contributed by atoms with van der Waals surface area (Å²) >= 11 is 0. The molecular weight excluding hydrogens is 226 g/mol. The summed E-state index contributed by atoms with van der Waals surface area (Å²) in [4.78, 5) is 4.07. The molecule has 0 radical (unpaired) electrons. The molecule has 5 nitrogen and oxygen atoms in total. The highest BCUT2D eigenvalue weighted by Crippen LogP contribution is 2.20. The van der Waals surface area contributed by atoms with E-state index < -0.39 is 0 Å². The molecule has 0 saturated carbocycles. The van der Waals surface area contributed by atoms with Gasteiger partial charge in [-0.1, -0.05) is 18.2 Å². The lowest BCUT2D eigenvalue weighted by Gasteiger charge is -2.06. The van der Waals surface area contributed by atoms with Crippen molar-refractivity contribution < 1.29 is 0 Å². The molecule has 1 aromatic carbocycles. The van der Waals surface area contributed by atoms with E-state index in [0.29, 0.717) is 5.69 Å². The smallest absolute Gasteiger partial charge is 0.169 e. The van der Waals surface area contributed by atoms with Crippen molar-refractivity contribution in [2.75, 3.05) is 5.73 Å². The van der Waals surface area contributed by atoms with Gasteiger partial charge in [-0.05, 0) is 18.2 Å². The van der Waals surface area contributed by atoms with Crippen LogP contribution in [-0.4, -0.2) is 19.7 Å². The van der Waals surface area contributed by atoms with Crippen LogP contribution >= 0.6 is 0 Å². The van der Waals surface area contributed by atoms with Crippen molar-refractivity contribution in [2.45, 2.75) is 0 Å². The van der Waals surface area contributed by atoms with E-state index in [1.165, 1.54) is 0 Å². The average Bonchev–Trinajstić information content (AvgIpc) is 2.89. The quantitative estimate of drug-likeness (QED) is 0.739. The fraction of sp³-hybridized carbons (Fsp3) is 0. The standard InChI is InChI=1S/C13H11N5/c14-11-6-10(7-15-8-11)13-17-16-9-18(13)12-4-2-1-3-5-12/h1-9H,14H2. The number of benzene rings is 1. The second-order valence-electron chi connectivity index (χ2n) is 3.87. The minimum Gasteiger partial charge on any atom is -0.397 e. The third-order valence-corrected chi connectivity index (χ3v) is 2.60. The normalized spacial score (nSPS) is 10.4. The first-order valence-corrected chi connectivity index (χ1v) is 5.51. The minimum atomic E-state index is 0.607. The molecule has 0 amide bonds. The van der Waals surface area contributed by atoms with Crippen molar-refractivity contribution >= 4 is 5.69 Å². The Labute approximate surface area is 104 Å². The van der Waals surface area contributed by atoms with Gasteiger partial charge in [-0.2, -0.15) is 0 Å². The van der Waals surface area contributed by atoms with E-state index in [9.17, 15) is 0 Å². The molecule has 0 aliphatic heterocycles. The van der Waals surface area contributed by atoms with Gasteiger partial charge in [-0.25, -0.2) is 0 Å². The lowest BCUT2D eigenvalue weighted by atomic mass is 10.2. The molecule has 0 aliphatic carbocycles. The summed E-state index contributed by atoms with van der Waals surface area (Å²) in [6.45, 7) is 0. The lowest BCUT2D eigenvalue weighted by Crippen LogP contribution is -1.97. The number of aromatic nitrogens is 4. The monoisotopic (exact) mass is 237 g/mol. The summed E-state index contributed by atoms with van der Waals surface area (Å²) in [5.41, 5.74) is 8.18. The van der Waals surface area contributed by atoms with Crippen LogP contribution in [0, 0.1) is 0 Å². The van der Waals surface area contributed by atoms with Gasteiger partial charge in [0.25, 0.3) is 0 Å². The summed E-state index contributed by atoms with van der Waals surface area (Å²) in [7, 11) is 0. The molecule has 0 bridgehead atoms. The third-order valence-electron chi connectivity index (χ3n) is 2.60. The number of nitrogen functional groups attached to an aromatic ring is 1. The maximum absolute atomic E-state index is 5.73. The van der Waals surface area contributed by atoms with Crippen LogP contribution in [0.1, 0.15) is 0 Å². The van der Waals surface area contributed by atoms with Crippen LogP contribution in [0.2, 0.25) is 0 Å². The summed E-state index contributed by atoms with van der Waals surface area (Å²) in [6.07, 6.45) is 5.00. The second kappa shape index (κ2) is 4.29. The van der Waals surface area contributed by atoms with Crippen molar-refractivity contribution in [1.29, 1.82) is 0 Å². The number of rotatable bonds is 2. The van der Waals surface area contributed by atoms with Gasteiger partial charge in [0.2, 0.25) is 0 Å². The highest BCUT2D eigenvalue weighted by molar-refractivity contribution is 5.61. The van der Waals surface area contributed by atoms with E-state index in [1.807, 2.05) is 41.0 Å². The fourth-order valence-corrected chi connectivity index (χ4v) is 1.79. The van der Waals surface area contributed by atoms with E-state index in [4.69, 9.17) is 5.73 Å². The number of hydrogen-bond donors (Lipinski definition) is 1. The van der Waals surface area contributed by atoms with Gasteiger partial charge in [-0.15, -0.1) is 10.2 Å². The Morgan fingerprint density at radius 2 is 1.89 bits per heavy atom. The largest absolute Gasteiger partial charge is 0.397 e. The van der Waals surface area contributed by atoms with Gasteiger partial charge in [0, 0.05) is 23.6 Å². The predicted molar refractivity (Wildman–Crippen MR) is 69.0 cm³/mol. The molecule has 2 aromatic heterocycles. The third kappa shape index (κ3) is 1.82. The molecule has 0 fully saturated rings. The molecule has 0 spiro atoms. The van der Waals surface area contributed by atoms with Crippen LogP contribution < -0.4 is 5.73 Å². The number of nitrogens with two attached hydrogens (primary N) is 1. The zero-order chi connectivity index (χ0) is 12.4. The number of nitrogens with zero attached hydrogens (tertiary/aromatic N) is 4.